The Bertz CT molecular complexity index is 439. The van der Waals surface area contributed by atoms with Gasteiger partial charge in [-0.15, -0.1) is 0 Å². The monoisotopic (exact) mass is 237 g/mol. The smallest absolute Gasteiger partial charge is 0.269 e. The van der Waals surface area contributed by atoms with Crippen molar-refractivity contribution in [3.8, 4) is 0 Å². The number of carbonyl (C=O) groups excluding carboxylic acids is 1. The first-order valence-corrected chi connectivity index (χ1v) is 4.76. The number of aliphatic hydroxyl groups is 1. The minimum Gasteiger partial charge on any atom is -0.383 e. The number of nitrogens with one attached hydrogen (secondary N) is 1. The van der Waals surface area contributed by atoms with Crippen molar-refractivity contribution < 1.29 is 14.8 Å². The summed E-state index contributed by atoms with van der Waals surface area (Å²) >= 11 is 0. The van der Waals surface area contributed by atoms with Crippen molar-refractivity contribution in [3.05, 3.63) is 39.9 Å². The normalized spacial score (nSPS) is 12.4. The molecule has 1 rings (SSSR count). The Balaban J connectivity index is 2.60. The Morgan fingerprint density at radius 2 is 2.12 bits per heavy atom. The molecule has 0 bridgehead atoms. The van der Waals surface area contributed by atoms with Gasteiger partial charge in [-0.2, -0.15) is 5.10 Å². The largest absolute Gasteiger partial charge is 0.383 e. The fraction of sp³-hybridized carbons (Fsp3) is 0.200. The maximum Gasteiger partial charge on any atom is 0.269 e. The van der Waals surface area contributed by atoms with Crippen LogP contribution < -0.4 is 5.43 Å². The predicted molar refractivity (Wildman–Crippen MR) is 60.5 cm³/mol. The van der Waals surface area contributed by atoms with E-state index in [1.807, 2.05) is 0 Å². The molecule has 0 spiro atoms. The molecule has 0 unspecified atom stereocenters. The Morgan fingerprint density at radius 3 is 2.59 bits per heavy atom. The third-order valence-electron chi connectivity index (χ3n) is 1.87. The fourth-order valence-electron chi connectivity index (χ4n) is 0.946. The molecule has 1 aromatic carbocycles. The van der Waals surface area contributed by atoms with Gasteiger partial charge in [0, 0.05) is 12.1 Å². The second kappa shape index (κ2) is 5.71. The van der Waals surface area contributed by atoms with Crippen LogP contribution >= 0.6 is 0 Å². The molecule has 1 amide bonds. The molecule has 1 aromatic rings. The molecule has 0 aromatic heterocycles. The van der Waals surface area contributed by atoms with Crippen LogP contribution in [0.3, 0.4) is 0 Å². The molecular formula is C10H11N3O4. The number of hydrogen-bond donors (Lipinski definition) is 2. The number of nitro groups is 1. The van der Waals surface area contributed by atoms with Gasteiger partial charge in [-0.1, -0.05) is 0 Å². The third-order valence-corrected chi connectivity index (χ3v) is 1.87. The van der Waals surface area contributed by atoms with E-state index >= 15 is 0 Å². The van der Waals surface area contributed by atoms with Crippen LogP contribution in [0.1, 0.15) is 12.5 Å². The summed E-state index contributed by atoms with van der Waals surface area (Å²) in [5.74, 6) is -0.622. The lowest BCUT2D eigenvalue weighted by atomic mass is 10.2. The van der Waals surface area contributed by atoms with Crippen molar-refractivity contribution in [2.24, 2.45) is 5.10 Å². The standard InChI is InChI=1S/C10H11N3O4/c1-7(14)10(15)12-11-6-8-2-4-9(5-3-8)13(16)17/h2-7,14H,1H3,(H,12,15)/b11-6-/t7-/m1/s1. The van der Waals surface area contributed by atoms with E-state index in [1.165, 1.54) is 37.4 Å². The van der Waals surface area contributed by atoms with E-state index in [1.54, 1.807) is 0 Å². The summed E-state index contributed by atoms with van der Waals surface area (Å²) in [5, 5.41) is 22.8. The van der Waals surface area contributed by atoms with Crippen molar-refractivity contribution in [2.75, 3.05) is 0 Å². The van der Waals surface area contributed by atoms with E-state index < -0.39 is 16.9 Å². The Kier molecular flexibility index (Phi) is 4.29. The summed E-state index contributed by atoms with van der Waals surface area (Å²) in [6, 6.07) is 5.65. The van der Waals surface area contributed by atoms with Gasteiger partial charge in [0.05, 0.1) is 11.1 Å². The Labute approximate surface area is 96.9 Å². The third kappa shape index (κ3) is 3.99. The van der Waals surface area contributed by atoms with Crippen molar-refractivity contribution in [1.29, 1.82) is 0 Å². The number of aliphatic hydroxyl groups excluding tert-OH is 1. The van der Waals surface area contributed by atoms with Gasteiger partial charge in [0.2, 0.25) is 0 Å². The first kappa shape index (κ1) is 12.8. The minimum atomic E-state index is -1.14. The lowest BCUT2D eigenvalue weighted by molar-refractivity contribution is -0.384. The van der Waals surface area contributed by atoms with Crippen LogP contribution in [0.4, 0.5) is 5.69 Å². The van der Waals surface area contributed by atoms with Crippen LogP contribution in [0.5, 0.6) is 0 Å². The van der Waals surface area contributed by atoms with Gasteiger partial charge >= 0.3 is 0 Å². The number of nitrogens with zero attached hydrogens (tertiary/aromatic N) is 2. The second-order valence-electron chi connectivity index (χ2n) is 3.26. The molecule has 0 radical (unpaired) electrons. The number of hydrazone groups is 1. The van der Waals surface area contributed by atoms with E-state index in [-0.39, 0.29) is 5.69 Å². The molecule has 0 aliphatic heterocycles. The van der Waals surface area contributed by atoms with Gasteiger partial charge in [-0.05, 0) is 24.6 Å². The maximum atomic E-state index is 10.9. The van der Waals surface area contributed by atoms with Crippen LogP contribution in [0, 0.1) is 10.1 Å². The summed E-state index contributed by atoms with van der Waals surface area (Å²) in [6.45, 7) is 1.32. The number of hydrogen-bond acceptors (Lipinski definition) is 5. The van der Waals surface area contributed by atoms with Gasteiger partial charge in [-0.3, -0.25) is 14.9 Å². The SMILES string of the molecule is C[C@@H](O)C(=O)N/N=C\c1ccc([N+](=O)[O-])cc1. The molecule has 0 aliphatic carbocycles. The average molecular weight is 237 g/mol. The highest BCUT2D eigenvalue weighted by molar-refractivity contribution is 5.84. The zero-order valence-corrected chi connectivity index (χ0v) is 9.03. The van der Waals surface area contributed by atoms with Gasteiger partial charge in [0.15, 0.2) is 0 Å². The van der Waals surface area contributed by atoms with E-state index in [4.69, 9.17) is 5.11 Å². The zero-order valence-electron chi connectivity index (χ0n) is 9.03. The zero-order chi connectivity index (χ0) is 12.8. The molecule has 7 heteroatoms. The highest BCUT2D eigenvalue weighted by Gasteiger charge is 2.06. The second-order valence-corrected chi connectivity index (χ2v) is 3.26. The number of amides is 1. The molecule has 0 saturated heterocycles. The first-order chi connectivity index (χ1) is 8.00. The van der Waals surface area contributed by atoms with E-state index in [0.29, 0.717) is 5.56 Å². The van der Waals surface area contributed by atoms with Crippen LogP contribution in [-0.4, -0.2) is 28.3 Å². The molecule has 17 heavy (non-hydrogen) atoms. The van der Waals surface area contributed by atoms with E-state index in [2.05, 4.69) is 10.5 Å². The van der Waals surface area contributed by atoms with Crippen LogP contribution in [0.15, 0.2) is 29.4 Å². The molecule has 0 aliphatic rings. The summed E-state index contributed by atoms with van der Waals surface area (Å²) in [7, 11) is 0. The van der Waals surface area contributed by atoms with E-state index in [9.17, 15) is 14.9 Å². The molecule has 7 nitrogen and oxygen atoms in total. The lowest BCUT2D eigenvalue weighted by Gasteiger charge is -2.00. The topological polar surface area (TPSA) is 105 Å². The average Bonchev–Trinajstić information content (AvgIpc) is 2.29. The predicted octanol–water partition coefficient (Wildman–Crippen LogP) is 0.426. The van der Waals surface area contributed by atoms with Crippen molar-refractivity contribution >= 4 is 17.8 Å². The maximum absolute atomic E-state index is 10.9. The lowest BCUT2D eigenvalue weighted by Crippen LogP contribution is -2.28. The molecule has 2 N–H and O–H groups in total. The highest BCUT2D eigenvalue weighted by atomic mass is 16.6. The van der Waals surface area contributed by atoms with E-state index in [0.717, 1.165) is 0 Å². The van der Waals surface area contributed by atoms with Crippen molar-refractivity contribution in [3.63, 3.8) is 0 Å². The van der Waals surface area contributed by atoms with Gasteiger partial charge in [-0.25, -0.2) is 5.43 Å². The first-order valence-electron chi connectivity index (χ1n) is 4.76. The molecule has 0 fully saturated rings. The Hall–Kier alpha value is -2.28. The van der Waals surface area contributed by atoms with Crippen LogP contribution in [0.25, 0.3) is 0 Å². The molecule has 90 valence electrons. The number of non-ortho nitro benzene ring substituents is 1. The summed E-state index contributed by atoms with van der Waals surface area (Å²) in [6.07, 6.45) is 0.188. The number of nitro benzene ring substituents is 1. The minimum absolute atomic E-state index is 0.0184. The summed E-state index contributed by atoms with van der Waals surface area (Å²) in [5.41, 5.74) is 2.69. The van der Waals surface area contributed by atoms with Crippen molar-refractivity contribution in [2.45, 2.75) is 13.0 Å². The Morgan fingerprint density at radius 1 is 1.53 bits per heavy atom. The molecule has 1 atom stereocenters. The highest BCUT2D eigenvalue weighted by Crippen LogP contribution is 2.10. The van der Waals surface area contributed by atoms with Gasteiger partial charge in [0.25, 0.3) is 11.6 Å². The summed E-state index contributed by atoms with van der Waals surface area (Å²) in [4.78, 5) is 20.8. The number of carbonyl (C=O) groups is 1. The van der Waals surface area contributed by atoms with Crippen molar-refractivity contribution in [1.82, 2.24) is 5.43 Å². The summed E-state index contributed by atoms with van der Waals surface area (Å²) < 4.78 is 0. The van der Waals surface area contributed by atoms with Crippen LogP contribution in [-0.2, 0) is 4.79 Å². The molecule has 0 saturated carbocycles. The fourth-order valence-corrected chi connectivity index (χ4v) is 0.946. The molecular weight excluding hydrogens is 226 g/mol. The molecule has 0 heterocycles. The quantitative estimate of drug-likeness (QED) is 0.450. The number of benzene rings is 1. The van der Waals surface area contributed by atoms with Gasteiger partial charge in [0.1, 0.15) is 6.10 Å². The van der Waals surface area contributed by atoms with Gasteiger partial charge < -0.3 is 5.11 Å². The van der Waals surface area contributed by atoms with Crippen LogP contribution in [0.2, 0.25) is 0 Å². The number of rotatable bonds is 4.